The van der Waals surface area contributed by atoms with Crippen LogP contribution in [-0.4, -0.2) is 52.9 Å². The van der Waals surface area contributed by atoms with Gasteiger partial charge in [0, 0.05) is 37.3 Å². The summed E-state index contributed by atoms with van der Waals surface area (Å²) < 4.78 is 5.15. The van der Waals surface area contributed by atoms with Crippen molar-refractivity contribution in [2.24, 2.45) is 0 Å². The summed E-state index contributed by atoms with van der Waals surface area (Å²) in [5, 5.41) is 5.97. The van der Waals surface area contributed by atoms with Crippen molar-refractivity contribution in [1.29, 1.82) is 0 Å². The Kier molecular flexibility index (Phi) is 5.37. The molecule has 8 heteroatoms. The van der Waals surface area contributed by atoms with E-state index in [-0.39, 0.29) is 18.0 Å². The van der Waals surface area contributed by atoms with Gasteiger partial charge in [-0.05, 0) is 25.5 Å². The molecule has 0 saturated carbocycles. The molecule has 1 aliphatic rings. The molecular weight excluding hydrogens is 340 g/mol. The number of aryl methyl sites for hydroxylation is 1. The second-order valence-electron chi connectivity index (χ2n) is 5.99. The lowest BCUT2D eigenvalue weighted by Gasteiger charge is -2.35. The maximum absolute atomic E-state index is 12.5. The van der Waals surface area contributed by atoms with Crippen LogP contribution in [0.3, 0.4) is 0 Å². The van der Waals surface area contributed by atoms with Gasteiger partial charge in [-0.2, -0.15) is 0 Å². The Bertz CT molecular complexity index is 720. The summed E-state index contributed by atoms with van der Waals surface area (Å²) in [6.07, 6.45) is 2.28. The van der Waals surface area contributed by atoms with E-state index in [0.29, 0.717) is 31.9 Å². The number of rotatable bonds is 4. The molecule has 3 heterocycles. The molecule has 7 nitrogen and oxygen atoms in total. The molecule has 2 aromatic rings. The first-order valence-electron chi connectivity index (χ1n) is 8.38. The van der Waals surface area contributed by atoms with Crippen LogP contribution < -0.4 is 5.32 Å². The van der Waals surface area contributed by atoms with Crippen LogP contribution in [0.15, 0.2) is 28.2 Å². The predicted molar refractivity (Wildman–Crippen MR) is 94.6 cm³/mol. The fourth-order valence-electron chi connectivity index (χ4n) is 2.78. The van der Waals surface area contributed by atoms with Crippen molar-refractivity contribution in [3.8, 4) is 0 Å². The standard InChI is InChI=1S/C17H22N4O3S/c1-3-13(15-18-12(2)11-25-15)19-17(23)21-8-6-20(7-9-21)16(22)14-5-4-10-24-14/h4-5,10-11,13H,3,6-9H2,1-2H3,(H,19,23). The van der Waals surface area contributed by atoms with Crippen LogP contribution in [0.4, 0.5) is 4.79 Å². The first-order valence-corrected chi connectivity index (χ1v) is 9.26. The van der Waals surface area contributed by atoms with Gasteiger partial charge in [-0.25, -0.2) is 9.78 Å². The molecule has 1 aliphatic heterocycles. The molecular formula is C17H22N4O3S. The molecule has 2 aromatic heterocycles. The molecule has 0 spiro atoms. The van der Waals surface area contributed by atoms with Crippen molar-refractivity contribution in [2.75, 3.05) is 26.2 Å². The Morgan fingerprint density at radius 3 is 2.60 bits per heavy atom. The summed E-state index contributed by atoms with van der Waals surface area (Å²) in [5.41, 5.74) is 0.970. The minimum absolute atomic E-state index is 0.0750. The Balaban J connectivity index is 1.53. The summed E-state index contributed by atoms with van der Waals surface area (Å²) >= 11 is 1.57. The van der Waals surface area contributed by atoms with Crippen molar-refractivity contribution in [1.82, 2.24) is 20.1 Å². The highest BCUT2D eigenvalue weighted by Crippen LogP contribution is 2.21. The van der Waals surface area contributed by atoms with E-state index in [1.807, 2.05) is 19.2 Å². The smallest absolute Gasteiger partial charge is 0.318 e. The van der Waals surface area contributed by atoms with Crippen LogP contribution in [0.25, 0.3) is 0 Å². The van der Waals surface area contributed by atoms with Gasteiger partial charge in [0.1, 0.15) is 5.01 Å². The molecule has 25 heavy (non-hydrogen) atoms. The van der Waals surface area contributed by atoms with E-state index in [1.54, 1.807) is 33.3 Å². The van der Waals surface area contributed by atoms with E-state index in [2.05, 4.69) is 10.3 Å². The van der Waals surface area contributed by atoms with E-state index in [1.165, 1.54) is 6.26 Å². The molecule has 0 bridgehead atoms. The highest BCUT2D eigenvalue weighted by Gasteiger charge is 2.27. The average molecular weight is 362 g/mol. The molecule has 3 amide bonds. The summed E-state index contributed by atoms with van der Waals surface area (Å²) in [5.74, 6) is 0.206. The van der Waals surface area contributed by atoms with Gasteiger partial charge in [0.2, 0.25) is 0 Å². The SMILES string of the molecule is CCC(NC(=O)N1CCN(C(=O)c2ccco2)CC1)c1nc(C)cs1. The van der Waals surface area contributed by atoms with E-state index in [9.17, 15) is 9.59 Å². The molecule has 1 saturated heterocycles. The number of piperazine rings is 1. The molecule has 1 atom stereocenters. The number of carbonyl (C=O) groups excluding carboxylic acids is 2. The van der Waals surface area contributed by atoms with Gasteiger partial charge < -0.3 is 19.5 Å². The van der Waals surface area contributed by atoms with Gasteiger partial charge in [0.25, 0.3) is 5.91 Å². The van der Waals surface area contributed by atoms with Crippen LogP contribution in [0, 0.1) is 6.92 Å². The highest BCUT2D eigenvalue weighted by molar-refractivity contribution is 7.09. The summed E-state index contributed by atoms with van der Waals surface area (Å²) in [4.78, 5) is 32.7. The quantitative estimate of drug-likeness (QED) is 0.907. The Morgan fingerprint density at radius 2 is 2.04 bits per heavy atom. The second-order valence-corrected chi connectivity index (χ2v) is 6.88. The third-order valence-corrected chi connectivity index (χ3v) is 5.30. The maximum Gasteiger partial charge on any atom is 0.318 e. The zero-order chi connectivity index (χ0) is 17.8. The minimum atomic E-state index is -0.130. The van der Waals surface area contributed by atoms with Gasteiger partial charge in [-0.15, -0.1) is 11.3 Å². The van der Waals surface area contributed by atoms with Crippen molar-refractivity contribution < 1.29 is 14.0 Å². The zero-order valence-electron chi connectivity index (χ0n) is 14.4. The minimum Gasteiger partial charge on any atom is -0.459 e. The number of thiazole rings is 1. The lowest BCUT2D eigenvalue weighted by molar-refractivity contribution is 0.0632. The Labute approximate surface area is 150 Å². The van der Waals surface area contributed by atoms with Crippen LogP contribution >= 0.6 is 11.3 Å². The van der Waals surface area contributed by atoms with Crippen molar-refractivity contribution in [3.63, 3.8) is 0 Å². The van der Waals surface area contributed by atoms with Gasteiger partial charge in [-0.1, -0.05) is 6.92 Å². The fourth-order valence-corrected chi connectivity index (χ4v) is 3.71. The third kappa shape index (κ3) is 4.01. The lowest BCUT2D eigenvalue weighted by Crippen LogP contribution is -2.53. The second kappa shape index (κ2) is 7.69. The number of furan rings is 1. The zero-order valence-corrected chi connectivity index (χ0v) is 15.2. The number of aromatic nitrogens is 1. The van der Waals surface area contributed by atoms with E-state index in [4.69, 9.17) is 4.42 Å². The van der Waals surface area contributed by atoms with Crippen molar-refractivity contribution in [3.05, 3.63) is 40.2 Å². The maximum atomic E-state index is 12.5. The highest BCUT2D eigenvalue weighted by atomic mass is 32.1. The summed E-state index contributed by atoms with van der Waals surface area (Å²) in [6, 6.07) is 3.17. The van der Waals surface area contributed by atoms with Crippen LogP contribution in [0.5, 0.6) is 0 Å². The number of nitrogens with zero attached hydrogens (tertiary/aromatic N) is 3. The molecule has 1 N–H and O–H groups in total. The van der Waals surface area contributed by atoms with E-state index < -0.39 is 0 Å². The first-order chi connectivity index (χ1) is 12.1. The first kappa shape index (κ1) is 17.5. The van der Waals surface area contributed by atoms with Crippen molar-refractivity contribution in [2.45, 2.75) is 26.3 Å². The molecule has 0 radical (unpaired) electrons. The predicted octanol–water partition coefficient (Wildman–Crippen LogP) is 2.66. The molecule has 3 rings (SSSR count). The number of hydrogen-bond donors (Lipinski definition) is 1. The Morgan fingerprint density at radius 1 is 1.32 bits per heavy atom. The van der Waals surface area contributed by atoms with Crippen LogP contribution in [0.2, 0.25) is 0 Å². The van der Waals surface area contributed by atoms with Gasteiger partial charge in [0.05, 0.1) is 12.3 Å². The van der Waals surface area contributed by atoms with Gasteiger partial charge in [0.15, 0.2) is 5.76 Å². The molecule has 0 aliphatic carbocycles. The topological polar surface area (TPSA) is 78.7 Å². The van der Waals surface area contributed by atoms with Crippen LogP contribution in [-0.2, 0) is 0 Å². The number of urea groups is 1. The van der Waals surface area contributed by atoms with Gasteiger partial charge in [-0.3, -0.25) is 4.79 Å². The summed E-state index contributed by atoms with van der Waals surface area (Å²) in [6.45, 7) is 5.99. The summed E-state index contributed by atoms with van der Waals surface area (Å²) in [7, 11) is 0. The third-order valence-electron chi connectivity index (χ3n) is 4.23. The van der Waals surface area contributed by atoms with Gasteiger partial charge >= 0.3 is 6.03 Å². The fraction of sp³-hybridized carbons (Fsp3) is 0.471. The number of amides is 3. The lowest BCUT2D eigenvalue weighted by atomic mass is 10.2. The number of hydrogen-bond acceptors (Lipinski definition) is 5. The molecule has 1 fully saturated rings. The van der Waals surface area contributed by atoms with Crippen molar-refractivity contribution >= 4 is 23.3 Å². The average Bonchev–Trinajstić information content (AvgIpc) is 3.31. The molecule has 0 aromatic carbocycles. The largest absolute Gasteiger partial charge is 0.459 e. The normalized spacial score (nSPS) is 15.9. The van der Waals surface area contributed by atoms with E-state index >= 15 is 0 Å². The van der Waals surface area contributed by atoms with E-state index in [0.717, 1.165) is 17.1 Å². The monoisotopic (exact) mass is 362 g/mol. The molecule has 134 valence electrons. The number of carbonyl (C=O) groups is 2. The number of nitrogens with one attached hydrogen (secondary N) is 1. The Hall–Kier alpha value is -2.35. The molecule has 1 unspecified atom stereocenters. The van der Waals surface area contributed by atoms with Crippen LogP contribution in [0.1, 0.15) is 40.6 Å².